The monoisotopic (exact) mass is 342 g/mol. The lowest BCUT2D eigenvalue weighted by atomic mass is 10.1. The first-order valence-corrected chi connectivity index (χ1v) is 8.44. The summed E-state index contributed by atoms with van der Waals surface area (Å²) in [7, 11) is 0. The van der Waals surface area contributed by atoms with Crippen LogP contribution in [0.15, 0.2) is 35.8 Å². The number of carbonyl (C=O) groups is 1. The Balaban J connectivity index is 1.96. The van der Waals surface area contributed by atoms with Crippen molar-refractivity contribution in [2.75, 3.05) is 6.61 Å². The SMILES string of the molecule is C=C1NC(Cc2ccccc2OCC)=Nc2sc(C(=O)O)c(C)c21. The van der Waals surface area contributed by atoms with Gasteiger partial charge in [-0.25, -0.2) is 9.79 Å². The highest BCUT2D eigenvalue weighted by molar-refractivity contribution is 7.18. The number of amidine groups is 1. The Morgan fingerprint density at radius 3 is 2.88 bits per heavy atom. The van der Waals surface area contributed by atoms with Crippen LogP contribution in [0.1, 0.15) is 33.3 Å². The van der Waals surface area contributed by atoms with Gasteiger partial charge in [-0.15, -0.1) is 11.3 Å². The van der Waals surface area contributed by atoms with Crippen molar-refractivity contribution >= 4 is 33.8 Å². The first-order valence-electron chi connectivity index (χ1n) is 7.62. The minimum atomic E-state index is -0.932. The van der Waals surface area contributed by atoms with Crippen molar-refractivity contribution in [3.05, 3.63) is 52.4 Å². The topological polar surface area (TPSA) is 70.9 Å². The van der Waals surface area contributed by atoms with Crippen molar-refractivity contribution in [1.29, 1.82) is 0 Å². The fourth-order valence-corrected chi connectivity index (χ4v) is 3.80. The molecule has 2 aromatic rings. The molecule has 1 aromatic carbocycles. The Bertz CT molecular complexity index is 852. The number of ether oxygens (including phenoxy) is 1. The molecule has 1 aromatic heterocycles. The molecular formula is C18H18N2O3S. The van der Waals surface area contributed by atoms with Gasteiger partial charge in [0.2, 0.25) is 0 Å². The van der Waals surface area contributed by atoms with Gasteiger partial charge < -0.3 is 15.2 Å². The molecule has 6 heteroatoms. The molecule has 124 valence electrons. The second-order valence-corrected chi connectivity index (χ2v) is 6.42. The number of hydrogen-bond acceptors (Lipinski definition) is 5. The van der Waals surface area contributed by atoms with E-state index in [-0.39, 0.29) is 0 Å². The Morgan fingerprint density at radius 1 is 1.42 bits per heavy atom. The third-order valence-electron chi connectivity index (χ3n) is 3.79. The Hall–Kier alpha value is -2.60. The molecule has 0 fully saturated rings. The third-order valence-corrected chi connectivity index (χ3v) is 4.96. The van der Waals surface area contributed by atoms with Crippen LogP contribution in [0.25, 0.3) is 5.70 Å². The van der Waals surface area contributed by atoms with Crippen LogP contribution in [-0.4, -0.2) is 23.5 Å². The largest absolute Gasteiger partial charge is 0.494 e. The summed E-state index contributed by atoms with van der Waals surface area (Å²) in [6, 6.07) is 7.82. The van der Waals surface area contributed by atoms with E-state index in [1.54, 1.807) is 6.92 Å². The zero-order chi connectivity index (χ0) is 17.3. The number of para-hydroxylation sites is 1. The smallest absolute Gasteiger partial charge is 0.346 e. The summed E-state index contributed by atoms with van der Waals surface area (Å²) in [5.74, 6) is 0.630. The van der Waals surface area contributed by atoms with Crippen LogP contribution in [0, 0.1) is 6.92 Å². The predicted octanol–water partition coefficient (Wildman–Crippen LogP) is 4.00. The van der Waals surface area contributed by atoms with Crippen molar-refractivity contribution in [3.8, 4) is 5.75 Å². The number of hydrogen-bond donors (Lipinski definition) is 2. The molecule has 1 aliphatic rings. The number of thiophene rings is 1. The highest BCUT2D eigenvalue weighted by atomic mass is 32.1. The fourth-order valence-electron chi connectivity index (χ4n) is 2.73. The number of nitrogens with one attached hydrogen (secondary N) is 1. The Morgan fingerprint density at radius 2 is 2.17 bits per heavy atom. The van der Waals surface area contributed by atoms with E-state index >= 15 is 0 Å². The van der Waals surface area contributed by atoms with Crippen LogP contribution >= 0.6 is 11.3 Å². The predicted molar refractivity (Wildman–Crippen MR) is 96.6 cm³/mol. The van der Waals surface area contributed by atoms with Gasteiger partial charge in [0.15, 0.2) is 0 Å². The highest BCUT2D eigenvalue weighted by Gasteiger charge is 2.25. The molecule has 0 amide bonds. The van der Waals surface area contributed by atoms with Crippen molar-refractivity contribution in [1.82, 2.24) is 5.32 Å². The average molecular weight is 342 g/mol. The molecule has 0 radical (unpaired) electrons. The van der Waals surface area contributed by atoms with Crippen molar-refractivity contribution in [3.63, 3.8) is 0 Å². The number of benzene rings is 1. The molecule has 0 saturated carbocycles. The lowest BCUT2D eigenvalue weighted by molar-refractivity contribution is 0.0701. The van der Waals surface area contributed by atoms with Gasteiger partial charge in [-0.2, -0.15) is 0 Å². The zero-order valence-corrected chi connectivity index (χ0v) is 14.4. The molecule has 0 aliphatic carbocycles. The van der Waals surface area contributed by atoms with E-state index in [1.165, 1.54) is 11.3 Å². The van der Waals surface area contributed by atoms with Crippen LogP contribution in [0.5, 0.6) is 5.75 Å². The van der Waals surface area contributed by atoms with Gasteiger partial charge in [-0.05, 0) is 25.5 Å². The molecule has 0 spiro atoms. The van der Waals surface area contributed by atoms with Gasteiger partial charge >= 0.3 is 5.97 Å². The van der Waals surface area contributed by atoms with E-state index in [2.05, 4.69) is 16.9 Å². The number of carboxylic acid groups (broad SMARTS) is 1. The molecule has 24 heavy (non-hydrogen) atoms. The van der Waals surface area contributed by atoms with Crippen molar-refractivity contribution < 1.29 is 14.6 Å². The number of nitrogens with zero attached hydrogens (tertiary/aromatic N) is 1. The van der Waals surface area contributed by atoms with Gasteiger partial charge in [0, 0.05) is 23.2 Å². The molecule has 0 atom stereocenters. The van der Waals surface area contributed by atoms with E-state index < -0.39 is 5.97 Å². The number of aliphatic imine (C=N–C) groups is 1. The van der Waals surface area contributed by atoms with Gasteiger partial charge in [-0.3, -0.25) is 0 Å². The fraction of sp³-hybridized carbons (Fsp3) is 0.222. The first-order chi connectivity index (χ1) is 11.5. The lowest BCUT2D eigenvalue weighted by Crippen LogP contribution is -2.26. The maximum atomic E-state index is 11.3. The first kappa shape index (κ1) is 16.3. The summed E-state index contributed by atoms with van der Waals surface area (Å²) >= 11 is 1.18. The molecule has 0 unspecified atom stereocenters. The van der Waals surface area contributed by atoms with E-state index in [4.69, 9.17) is 4.74 Å². The maximum absolute atomic E-state index is 11.3. The molecular weight excluding hydrogens is 324 g/mol. The number of carboxylic acids is 1. The summed E-state index contributed by atoms with van der Waals surface area (Å²) in [6.45, 7) is 8.36. The quantitative estimate of drug-likeness (QED) is 0.861. The van der Waals surface area contributed by atoms with Crippen LogP contribution in [-0.2, 0) is 6.42 Å². The van der Waals surface area contributed by atoms with Crippen LogP contribution in [0.3, 0.4) is 0 Å². The number of fused-ring (bicyclic) bond motifs is 1. The normalized spacial score (nSPS) is 13.1. The van der Waals surface area contributed by atoms with Gasteiger partial charge in [0.05, 0.1) is 6.61 Å². The van der Waals surface area contributed by atoms with Gasteiger partial charge in [0.25, 0.3) is 0 Å². The minimum Gasteiger partial charge on any atom is -0.494 e. The molecule has 2 heterocycles. The summed E-state index contributed by atoms with van der Waals surface area (Å²) < 4.78 is 5.65. The highest BCUT2D eigenvalue weighted by Crippen LogP contribution is 2.40. The van der Waals surface area contributed by atoms with Gasteiger partial charge in [0.1, 0.15) is 21.5 Å². The lowest BCUT2D eigenvalue weighted by Gasteiger charge is -2.19. The number of rotatable bonds is 5. The van der Waals surface area contributed by atoms with Crippen LogP contribution < -0.4 is 10.1 Å². The van der Waals surface area contributed by atoms with Crippen molar-refractivity contribution in [2.24, 2.45) is 4.99 Å². The average Bonchev–Trinajstić information content (AvgIpc) is 2.87. The van der Waals surface area contributed by atoms with Crippen LogP contribution in [0.4, 0.5) is 5.00 Å². The molecule has 0 bridgehead atoms. The van der Waals surface area contributed by atoms with Crippen LogP contribution in [0.2, 0.25) is 0 Å². The summed E-state index contributed by atoms with van der Waals surface area (Å²) in [4.78, 5) is 16.2. The molecule has 0 saturated heterocycles. The molecule has 1 aliphatic heterocycles. The van der Waals surface area contributed by atoms with E-state index in [9.17, 15) is 9.90 Å². The standard InChI is InChI=1S/C18H18N2O3S/c1-4-23-13-8-6-5-7-12(13)9-14-19-11(3)15-10(2)16(18(21)22)24-17(15)20-14/h5-8H,3-4,9H2,1-2H3,(H,19,20)(H,21,22). The zero-order valence-electron chi connectivity index (χ0n) is 13.5. The second kappa shape index (κ2) is 6.49. The Kier molecular flexibility index (Phi) is 4.40. The van der Waals surface area contributed by atoms with E-state index in [0.717, 1.165) is 22.7 Å². The summed E-state index contributed by atoms with van der Waals surface area (Å²) in [5, 5.41) is 13.2. The Labute approximate surface area is 144 Å². The maximum Gasteiger partial charge on any atom is 0.346 e. The van der Waals surface area contributed by atoms with E-state index in [1.807, 2.05) is 31.2 Å². The van der Waals surface area contributed by atoms with Crippen molar-refractivity contribution in [2.45, 2.75) is 20.3 Å². The second-order valence-electron chi connectivity index (χ2n) is 5.42. The minimum absolute atomic E-state index is 0.308. The van der Waals surface area contributed by atoms with Gasteiger partial charge in [-0.1, -0.05) is 24.8 Å². The summed E-state index contributed by atoms with van der Waals surface area (Å²) in [6.07, 6.45) is 0.563. The molecule has 3 rings (SSSR count). The molecule has 5 nitrogen and oxygen atoms in total. The third kappa shape index (κ3) is 2.92. The number of aromatic carboxylic acids is 1. The van der Waals surface area contributed by atoms with E-state index in [0.29, 0.717) is 34.2 Å². The summed E-state index contributed by atoms with van der Waals surface area (Å²) in [5.41, 5.74) is 3.20. The molecule has 2 N–H and O–H groups in total.